The van der Waals surface area contributed by atoms with Gasteiger partial charge in [-0.25, -0.2) is 0 Å². The van der Waals surface area contributed by atoms with Crippen LogP contribution in [0.5, 0.6) is 11.5 Å². The van der Waals surface area contributed by atoms with E-state index in [-0.39, 0.29) is 12.1 Å². The van der Waals surface area contributed by atoms with E-state index in [1.165, 1.54) is 11.1 Å². The van der Waals surface area contributed by atoms with E-state index in [0.29, 0.717) is 18.6 Å². The number of aliphatic hydroxyl groups is 1. The third-order valence-corrected chi connectivity index (χ3v) is 4.75. The molecule has 0 amide bonds. The second-order valence-electron chi connectivity index (χ2n) is 6.10. The number of methoxy groups -OCH3 is 2. The predicted octanol–water partition coefficient (Wildman–Crippen LogP) is 2.30. The molecule has 0 radical (unpaired) electrons. The molecule has 2 N–H and O–H groups in total. The van der Waals surface area contributed by atoms with Crippen LogP contribution in [0.15, 0.2) is 24.0 Å². The van der Waals surface area contributed by atoms with Crippen LogP contribution in [0.25, 0.3) is 5.76 Å². The van der Waals surface area contributed by atoms with Gasteiger partial charge in [-0.3, -0.25) is 0 Å². The molecule has 3 aliphatic rings. The summed E-state index contributed by atoms with van der Waals surface area (Å²) in [5.41, 5.74) is 3.43. The molecule has 1 aromatic rings. The third-order valence-electron chi connectivity index (χ3n) is 4.75. The number of ether oxygens (including phenoxy) is 3. The van der Waals surface area contributed by atoms with Gasteiger partial charge >= 0.3 is 0 Å². The Morgan fingerprint density at radius 1 is 1.22 bits per heavy atom. The van der Waals surface area contributed by atoms with Crippen molar-refractivity contribution in [1.82, 2.24) is 5.32 Å². The van der Waals surface area contributed by atoms with E-state index in [1.54, 1.807) is 14.2 Å². The fourth-order valence-corrected chi connectivity index (χ4v) is 3.67. The Morgan fingerprint density at radius 3 is 2.83 bits per heavy atom. The first kappa shape index (κ1) is 14.6. The summed E-state index contributed by atoms with van der Waals surface area (Å²) in [5, 5.41) is 13.6. The molecule has 1 aromatic carbocycles. The fraction of sp³-hybridized carbons (Fsp3) is 0.444. The molecule has 2 atom stereocenters. The molecule has 23 heavy (non-hydrogen) atoms. The minimum Gasteiger partial charge on any atom is -0.493 e. The van der Waals surface area contributed by atoms with Gasteiger partial charge in [-0.15, -0.1) is 0 Å². The van der Waals surface area contributed by atoms with Gasteiger partial charge in [0.1, 0.15) is 11.5 Å². The largest absolute Gasteiger partial charge is 0.493 e. The molecule has 0 aromatic heterocycles. The van der Waals surface area contributed by atoms with E-state index in [2.05, 4.69) is 11.4 Å². The molecule has 4 rings (SSSR count). The van der Waals surface area contributed by atoms with Crippen molar-refractivity contribution in [2.45, 2.75) is 31.4 Å². The Balaban J connectivity index is 2.01. The van der Waals surface area contributed by atoms with Crippen LogP contribution in [-0.4, -0.2) is 32.0 Å². The zero-order valence-electron chi connectivity index (χ0n) is 13.4. The highest BCUT2D eigenvalue weighted by atomic mass is 16.5. The van der Waals surface area contributed by atoms with E-state index >= 15 is 0 Å². The second kappa shape index (κ2) is 5.58. The summed E-state index contributed by atoms with van der Waals surface area (Å²) in [4.78, 5) is 0. The summed E-state index contributed by atoms with van der Waals surface area (Å²) < 4.78 is 17.3. The molecule has 2 bridgehead atoms. The van der Waals surface area contributed by atoms with Crippen molar-refractivity contribution in [3.05, 3.63) is 40.7 Å². The molecule has 0 aliphatic carbocycles. The molecule has 2 unspecified atom stereocenters. The van der Waals surface area contributed by atoms with Crippen molar-refractivity contribution in [2.24, 2.45) is 0 Å². The molecule has 0 fully saturated rings. The molecule has 3 heterocycles. The number of fused-ring (bicyclic) bond motifs is 4. The number of benzene rings is 1. The van der Waals surface area contributed by atoms with E-state index in [0.717, 1.165) is 35.8 Å². The van der Waals surface area contributed by atoms with Gasteiger partial charge in [0.15, 0.2) is 11.5 Å². The van der Waals surface area contributed by atoms with Crippen molar-refractivity contribution in [1.29, 1.82) is 0 Å². The number of aliphatic hydroxyl groups excluding tert-OH is 1. The first-order chi connectivity index (χ1) is 11.2. The van der Waals surface area contributed by atoms with Gasteiger partial charge in [0.2, 0.25) is 0 Å². The topological polar surface area (TPSA) is 60.0 Å². The van der Waals surface area contributed by atoms with Gasteiger partial charge in [0, 0.05) is 6.54 Å². The SMILES string of the molecule is COc1cc2c3c(c1OC)C1=CCC(O)CC=C(O1)C3NCC2. The van der Waals surface area contributed by atoms with E-state index in [4.69, 9.17) is 14.2 Å². The number of hydrogen-bond acceptors (Lipinski definition) is 5. The number of nitrogens with one attached hydrogen (secondary N) is 1. The maximum absolute atomic E-state index is 10.1. The lowest BCUT2D eigenvalue weighted by molar-refractivity contribution is 0.174. The van der Waals surface area contributed by atoms with Crippen LogP contribution in [0.4, 0.5) is 0 Å². The van der Waals surface area contributed by atoms with Crippen LogP contribution < -0.4 is 14.8 Å². The van der Waals surface area contributed by atoms with Gasteiger partial charge < -0.3 is 24.6 Å². The zero-order chi connectivity index (χ0) is 16.0. The standard InChI is InChI=1S/C18H21NO4/c1-21-14-9-10-7-8-19-17-13-6-4-11(20)3-5-12(23-13)16(15(10)17)18(14)22-2/h5-6,9,11,17,19-20H,3-4,7-8H2,1-2H3. The summed E-state index contributed by atoms with van der Waals surface area (Å²) in [6.07, 6.45) is 5.69. The summed E-state index contributed by atoms with van der Waals surface area (Å²) in [6.45, 7) is 0.884. The van der Waals surface area contributed by atoms with Gasteiger partial charge in [0.05, 0.1) is 31.9 Å². The minimum absolute atomic E-state index is 0.0102. The summed E-state index contributed by atoms with van der Waals surface area (Å²) in [7, 11) is 3.30. The van der Waals surface area contributed by atoms with Crippen molar-refractivity contribution in [3.63, 3.8) is 0 Å². The Hall–Kier alpha value is -1.98. The average Bonchev–Trinajstić information content (AvgIpc) is 2.57. The van der Waals surface area contributed by atoms with Gasteiger partial charge in [0.25, 0.3) is 0 Å². The normalized spacial score (nSPS) is 25.2. The first-order valence-electron chi connectivity index (χ1n) is 8.00. The summed E-state index contributed by atoms with van der Waals surface area (Å²) in [6, 6.07) is 2.09. The summed E-state index contributed by atoms with van der Waals surface area (Å²) in [5.74, 6) is 3.04. The van der Waals surface area contributed by atoms with Crippen LogP contribution in [0.3, 0.4) is 0 Å². The molecule has 3 aliphatic heterocycles. The Bertz CT molecular complexity index is 707. The maximum Gasteiger partial charge on any atom is 0.172 e. The van der Waals surface area contributed by atoms with Gasteiger partial charge in [-0.05, 0) is 48.6 Å². The Labute approximate surface area is 135 Å². The smallest absolute Gasteiger partial charge is 0.172 e. The molecular formula is C18H21NO4. The molecule has 5 heteroatoms. The Morgan fingerprint density at radius 2 is 2.04 bits per heavy atom. The highest BCUT2D eigenvalue weighted by Crippen LogP contribution is 2.50. The minimum atomic E-state index is -0.384. The highest BCUT2D eigenvalue weighted by Gasteiger charge is 2.37. The molecule has 122 valence electrons. The van der Waals surface area contributed by atoms with Gasteiger partial charge in [-0.1, -0.05) is 0 Å². The average molecular weight is 315 g/mol. The highest BCUT2D eigenvalue weighted by molar-refractivity contribution is 5.77. The van der Waals surface area contributed by atoms with Crippen molar-refractivity contribution in [3.8, 4) is 11.5 Å². The molecule has 0 spiro atoms. The van der Waals surface area contributed by atoms with Crippen LogP contribution in [0.1, 0.15) is 35.6 Å². The summed E-state index contributed by atoms with van der Waals surface area (Å²) >= 11 is 0. The van der Waals surface area contributed by atoms with E-state index in [1.807, 2.05) is 12.2 Å². The molecule has 0 saturated carbocycles. The first-order valence-corrected chi connectivity index (χ1v) is 8.00. The molecule has 0 saturated heterocycles. The van der Waals surface area contributed by atoms with Crippen LogP contribution in [0.2, 0.25) is 0 Å². The lowest BCUT2D eigenvalue weighted by Gasteiger charge is -2.37. The van der Waals surface area contributed by atoms with Crippen molar-refractivity contribution >= 4 is 5.76 Å². The third kappa shape index (κ3) is 2.23. The lowest BCUT2D eigenvalue weighted by Crippen LogP contribution is -2.35. The van der Waals surface area contributed by atoms with Crippen LogP contribution in [-0.2, 0) is 11.2 Å². The number of hydrogen-bond donors (Lipinski definition) is 2. The number of rotatable bonds is 2. The van der Waals surface area contributed by atoms with Crippen molar-refractivity contribution < 1.29 is 19.3 Å². The van der Waals surface area contributed by atoms with Crippen molar-refractivity contribution in [2.75, 3.05) is 20.8 Å². The van der Waals surface area contributed by atoms with Crippen LogP contribution >= 0.6 is 0 Å². The Kier molecular flexibility index (Phi) is 3.54. The lowest BCUT2D eigenvalue weighted by atomic mass is 9.84. The molecular weight excluding hydrogens is 294 g/mol. The van der Waals surface area contributed by atoms with Crippen LogP contribution in [0, 0.1) is 0 Å². The monoisotopic (exact) mass is 315 g/mol. The molecule has 5 nitrogen and oxygen atoms in total. The fourth-order valence-electron chi connectivity index (χ4n) is 3.67. The second-order valence-corrected chi connectivity index (χ2v) is 6.10. The quantitative estimate of drug-likeness (QED) is 0.877. The maximum atomic E-state index is 10.1. The van der Waals surface area contributed by atoms with E-state index in [9.17, 15) is 5.11 Å². The zero-order valence-corrected chi connectivity index (χ0v) is 13.4. The predicted molar refractivity (Wildman–Crippen MR) is 86.4 cm³/mol. The van der Waals surface area contributed by atoms with E-state index < -0.39 is 0 Å². The van der Waals surface area contributed by atoms with Gasteiger partial charge in [-0.2, -0.15) is 0 Å².